The molecule has 0 saturated heterocycles. The first-order valence-electron chi connectivity index (χ1n) is 6.83. The molecule has 0 spiro atoms. The molecule has 0 heterocycles. The summed E-state index contributed by atoms with van der Waals surface area (Å²) in [5, 5.41) is 6.14. The number of amides is 1. The molecule has 17 heavy (non-hydrogen) atoms. The van der Waals surface area contributed by atoms with Crippen molar-refractivity contribution in [3.63, 3.8) is 0 Å². The van der Waals surface area contributed by atoms with Crippen molar-refractivity contribution in [2.24, 2.45) is 0 Å². The van der Waals surface area contributed by atoms with Crippen molar-refractivity contribution in [2.75, 3.05) is 20.2 Å². The average molecular weight is 242 g/mol. The minimum atomic E-state index is 0.0128. The van der Waals surface area contributed by atoms with Crippen molar-refractivity contribution in [1.82, 2.24) is 10.6 Å². The fourth-order valence-corrected chi connectivity index (χ4v) is 2.26. The number of nitrogens with one attached hydrogen (secondary N) is 2. The molecule has 1 rings (SSSR count). The van der Waals surface area contributed by atoms with Gasteiger partial charge in [-0.2, -0.15) is 0 Å². The standard InChI is InChI=1S/C13H26N2O2/c1-3-4-9-15-13(16)10-17-12-8-6-5-7-11(12)14-2/h11-12,14H,3-10H2,1-2H3,(H,15,16). The summed E-state index contributed by atoms with van der Waals surface area (Å²) < 4.78 is 5.70. The van der Waals surface area contributed by atoms with Crippen LogP contribution < -0.4 is 10.6 Å². The Bertz CT molecular complexity index is 221. The van der Waals surface area contributed by atoms with E-state index in [0.717, 1.165) is 32.2 Å². The summed E-state index contributed by atoms with van der Waals surface area (Å²) in [7, 11) is 1.97. The molecule has 1 fully saturated rings. The van der Waals surface area contributed by atoms with Crippen molar-refractivity contribution < 1.29 is 9.53 Å². The zero-order valence-corrected chi connectivity index (χ0v) is 11.1. The second-order valence-corrected chi connectivity index (χ2v) is 4.73. The van der Waals surface area contributed by atoms with Crippen LogP contribution in [0, 0.1) is 0 Å². The Morgan fingerprint density at radius 2 is 2.12 bits per heavy atom. The second kappa shape index (κ2) is 8.48. The van der Waals surface area contributed by atoms with Crippen LogP contribution in [0.3, 0.4) is 0 Å². The van der Waals surface area contributed by atoms with E-state index >= 15 is 0 Å². The molecule has 0 radical (unpaired) electrons. The molecular formula is C13H26N2O2. The lowest BCUT2D eigenvalue weighted by atomic mass is 9.92. The topological polar surface area (TPSA) is 50.4 Å². The molecule has 1 aliphatic rings. The summed E-state index contributed by atoms with van der Waals surface area (Å²) in [4.78, 5) is 11.5. The highest BCUT2D eigenvalue weighted by Crippen LogP contribution is 2.20. The van der Waals surface area contributed by atoms with E-state index in [1.54, 1.807) is 0 Å². The number of rotatable bonds is 7. The van der Waals surface area contributed by atoms with Gasteiger partial charge in [0.1, 0.15) is 6.61 Å². The lowest BCUT2D eigenvalue weighted by Gasteiger charge is -2.30. The lowest BCUT2D eigenvalue weighted by Crippen LogP contribution is -2.43. The molecule has 0 aliphatic heterocycles. The van der Waals surface area contributed by atoms with Gasteiger partial charge in [0, 0.05) is 12.6 Å². The van der Waals surface area contributed by atoms with Gasteiger partial charge in [-0.15, -0.1) is 0 Å². The van der Waals surface area contributed by atoms with Crippen LogP contribution in [0.1, 0.15) is 45.4 Å². The first-order valence-corrected chi connectivity index (χ1v) is 6.83. The van der Waals surface area contributed by atoms with Gasteiger partial charge in [-0.3, -0.25) is 4.79 Å². The minimum Gasteiger partial charge on any atom is -0.367 e. The van der Waals surface area contributed by atoms with Crippen LogP contribution >= 0.6 is 0 Å². The Kier molecular flexibility index (Phi) is 7.21. The molecule has 4 heteroatoms. The molecule has 1 aliphatic carbocycles. The highest BCUT2D eigenvalue weighted by atomic mass is 16.5. The second-order valence-electron chi connectivity index (χ2n) is 4.73. The van der Waals surface area contributed by atoms with Gasteiger partial charge >= 0.3 is 0 Å². The lowest BCUT2D eigenvalue weighted by molar-refractivity contribution is -0.129. The zero-order valence-electron chi connectivity index (χ0n) is 11.1. The van der Waals surface area contributed by atoms with Crippen LogP contribution in [0.4, 0.5) is 0 Å². The van der Waals surface area contributed by atoms with Crippen LogP contribution in [0.25, 0.3) is 0 Å². The third-order valence-corrected chi connectivity index (χ3v) is 3.35. The summed E-state index contributed by atoms with van der Waals surface area (Å²) in [6, 6.07) is 0.409. The number of unbranched alkanes of at least 4 members (excludes halogenated alkanes) is 1. The van der Waals surface area contributed by atoms with Gasteiger partial charge in [0.25, 0.3) is 0 Å². The fraction of sp³-hybridized carbons (Fsp3) is 0.923. The molecule has 2 unspecified atom stereocenters. The van der Waals surface area contributed by atoms with E-state index in [4.69, 9.17) is 4.74 Å². The van der Waals surface area contributed by atoms with Crippen LogP contribution in [-0.4, -0.2) is 38.3 Å². The number of carbonyl (C=O) groups is 1. The van der Waals surface area contributed by atoms with Gasteiger partial charge in [0.15, 0.2) is 0 Å². The molecule has 0 bridgehead atoms. The minimum absolute atomic E-state index is 0.0128. The number of likely N-dealkylation sites (N-methyl/N-ethyl adjacent to an activating group) is 1. The third kappa shape index (κ3) is 5.50. The van der Waals surface area contributed by atoms with Gasteiger partial charge in [-0.1, -0.05) is 26.2 Å². The monoisotopic (exact) mass is 242 g/mol. The van der Waals surface area contributed by atoms with E-state index in [1.807, 2.05) is 7.05 Å². The molecule has 2 N–H and O–H groups in total. The predicted octanol–water partition coefficient (Wildman–Crippen LogP) is 1.45. The molecule has 2 atom stereocenters. The maximum atomic E-state index is 11.5. The van der Waals surface area contributed by atoms with Gasteiger partial charge in [-0.25, -0.2) is 0 Å². The van der Waals surface area contributed by atoms with E-state index in [2.05, 4.69) is 17.6 Å². The van der Waals surface area contributed by atoms with Crippen LogP contribution in [0.2, 0.25) is 0 Å². The van der Waals surface area contributed by atoms with Crippen molar-refractivity contribution in [3.05, 3.63) is 0 Å². The van der Waals surface area contributed by atoms with Gasteiger partial charge in [0.2, 0.25) is 5.91 Å². The SMILES string of the molecule is CCCCNC(=O)COC1CCCCC1NC. The summed E-state index contributed by atoms with van der Waals surface area (Å²) in [6.45, 7) is 3.08. The van der Waals surface area contributed by atoms with E-state index in [9.17, 15) is 4.79 Å². The molecule has 1 amide bonds. The number of hydrogen-bond donors (Lipinski definition) is 2. The van der Waals surface area contributed by atoms with Gasteiger partial charge in [-0.05, 0) is 26.3 Å². The molecule has 100 valence electrons. The molecule has 4 nitrogen and oxygen atoms in total. The molecule has 0 aromatic heterocycles. The van der Waals surface area contributed by atoms with E-state index < -0.39 is 0 Å². The molecule has 0 aromatic carbocycles. The van der Waals surface area contributed by atoms with Crippen molar-refractivity contribution >= 4 is 5.91 Å². The fourth-order valence-electron chi connectivity index (χ4n) is 2.26. The molecular weight excluding hydrogens is 216 g/mol. The van der Waals surface area contributed by atoms with E-state index in [1.165, 1.54) is 12.8 Å². The van der Waals surface area contributed by atoms with Crippen molar-refractivity contribution in [1.29, 1.82) is 0 Å². The highest BCUT2D eigenvalue weighted by molar-refractivity contribution is 5.77. The molecule has 1 saturated carbocycles. The zero-order chi connectivity index (χ0) is 12.5. The Hall–Kier alpha value is -0.610. The van der Waals surface area contributed by atoms with Gasteiger partial charge in [0.05, 0.1) is 6.10 Å². The van der Waals surface area contributed by atoms with Crippen molar-refractivity contribution in [3.8, 4) is 0 Å². The Morgan fingerprint density at radius 1 is 1.35 bits per heavy atom. The normalized spacial score (nSPS) is 24.6. The highest BCUT2D eigenvalue weighted by Gasteiger charge is 2.24. The average Bonchev–Trinajstić information content (AvgIpc) is 2.37. The van der Waals surface area contributed by atoms with Crippen LogP contribution in [0.5, 0.6) is 0 Å². The summed E-state index contributed by atoms with van der Waals surface area (Å²) in [5.74, 6) is 0.0128. The summed E-state index contributed by atoms with van der Waals surface area (Å²) in [6.07, 6.45) is 7.02. The molecule has 0 aromatic rings. The number of carbonyl (C=O) groups excluding carboxylic acids is 1. The quantitative estimate of drug-likeness (QED) is 0.664. The van der Waals surface area contributed by atoms with Crippen LogP contribution in [0.15, 0.2) is 0 Å². The Morgan fingerprint density at radius 3 is 2.82 bits per heavy atom. The summed E-state index contributed by atoms with van der Waals surface area (Å²) in [5.41, 5.74) is 0. The largest absolute Gasteiger partial charge is 0.367 e. The first-order chi connectivity index (χ1) is 8.27. The van der Waals surface area contributed by atoms with E-state index in [0.29, 0.717) is 6.04 Å². The van der Waals surface area contributed by atoms with Crippen LogP contribution in [-0.2, 0) is 9.53 Å². The number of hydrogen-bond acceptors (Lipinski definition) is 3. The Balaban J connectivity index is 2.17. The van der Waals surface area contributed by atoms with E-state index in [-0.39, 0.29) is 18.6 Å². The summed E-state index contributed by atoms with van der Waals surface area (Å²) >= 11 is 0. The maximum absolute atomic E-state index is 11.5. The number of ether oxygens (including phenoxy) is 1. The third-order valence-electron chi connectivity index (χ3n) is 3.35. The maximum Gasteiger partial charge on any atom is 0.246 e. The predicted molar refractivity (Wildman–Crippen MR) is 69.0 cm³/mol. The first kappa shape index (κ1) is 14.5. The van der Waals surface area contributed by atoms with Gasteiger partial charge < -0.3 is 15.4 Å². The van der Waals surface area contributed by atoms with Crippen molar-refractivity contribution in [2.45, 2.75) is 57.6 Å². The Labute approximate surface area is 104 Å². The smallest absolute Gasteiger partial charge is 0.246 e.